The average molecular weight is 222 g/mol. The summed E-state index contributed by atoms with van der Waals surface area (Å²) in [6.45, 7) is 6.12. The summed E-state index contributed by atoms with van der Waals surface area (Å²) in [4.78, 5) is 4.71. The first-order valence-electron chi connectivity index (χ1n) is 6.18. The lowest BCUT2D eigenvalue weighted by Crippen LogP contribution is -2.57. The molecule has 0 amide bonds. The fraction of sp³-hybridized carbons (Fsp3) is 0.917. The van der Waals surface area contributed by atoms with Crippen LogP contribution in [0.3, 0.4) is 0 Å². The number of nitrogens with two attached hydrogens (primary N) is 1. The Morgan fingerprint density at radius 2 is 2.12 bits per heavy atom. The van der Waals surface area contributed by atoms with Gasteiger partial charge in [0.25, 0.3) is 0 Å². The molecule has 0 bridgehead atoms. The first-order valence-corrected chi connectivity index (χ1v) is 6.18. The third-order valence-electron chi connectivity index (χ3n) is 4.04. The Bertz CT molecular complexity index is 294. The van der Waals surface area contributed by atoms with Gasteiger partial charge in [-0.3, -0.25) is 4.90 Å². The smallest absolute Gasteiger partial charge is 0.119 e. The van der Waals surface area contributed by atoms with Crippen LogP contribution in [0.2, 0.25) is 0 Å². The molecule has 0 spiro atoms. The highest BCUT2D eigenvalue weighted by Gasteiger charge is 2.44. The lowest BCUT2D eigenvalue weighted by Gasteiger charge is -2.40. The molecule has 2 N–H and O–H groups in total. The number of nitriles is 1. The van der Waals surface area contributed by atoms with Crippen molar-refractivity contribution in [3.63, 3.8) is 0 Å². The van der Waals surface area contributed by atoms with Crippen molar-refractivity contribution >= 4 is 0 Å². The fourth-order valence-corrected chi connectivity index (χ4v) is 2.49. The molecule has 0 aromatic heterocycles. The minimum absolute atomic E-state index is 0.437. The monoisotopic (exact) mass is 222 g/mol. The van der Waals surface area contributed by atoms with Gasteiger partial charge in [0.15, 0.2) is 0 Å². The molecule has 0 radical (unpaired) electrons. The molecular weight excluding hydrogens is 200 g/mol. The van der Waals surface area contributed by atoms with Gasteiger partial charge in [-0.25, -0.2) is 0 Å². The predicted octanol–water partition coefficient (Wildman–Crippen LogP) is 0.253. The topological polar surface area (TPSA) is 56.3 Å². The Balaban J connectivity index is 1.92. The van der Waals surface area contributed by atoms with Crippen molar-refractivity contribution in [3.05, 3.63) is 0 Å². The van der Waals surface area contributed by atoms with Gasteiger partial charge in [-0.1, -0.05) is 0 Å². The summed E-state index contributed by atoms with van der Waals surface area (Å²) in [7, 11) is 2.16. The van der Waals surface area contributed by atoms with E-state index in [1.54, 1.807) is 0 Å². The maximum atomic E-state index is 9.23. The molecule has 2 aliphatic rings. The summed E-state index contributed by atoms with van der Waals surface area (Å²) in [5.41, 5.74) is 5.60. The van der Waals surface area contributed by atoms with Crippen LogP contribution in [0.4, 0.5) is 0 Å². The highest BCUT2D eigenvalue weighted by molar-refractivity contribution is 5.15. The largest absolute Gasteiger partial charge is 0.312 e. The number of likely N-dealkylation sites (N-methyl/N-ethyl adjacent to an activating group) is 1. The molecule has 4 nitrogen and oxygen atoms in total. The van der Waals surface area contributed by atoms with E-state index in [4.69, 9.17) is 5.73 Å². The molecule has 1 saturated carbocycles. The second kappa shape index (κ2) is 4.33. The van der Waals surface area contributed by atoms with Gasteiger partial charge in [0.05, 0.1) is 6.07 Å². The van der Waals surface area contributed by atoms with E-state index in [1.165, 1.54) is 0 Å². The van der Waals surface area contributed by atoms with Gasteiger partial charge in [-0.2, -0.15) is 5.26 Å². The van der Waals surface area contributed by atoms with Crippen LogP contribution in [-0.2, 0) is 0 Å². The van der Waals surface area contributed by atoms with Gasteiger partial charge in [0, 0.05) is 32.2 Å². The number of rotatable bonds is 3. The predicted molar refractivity (Wildman–Crippen MR) is 63.8 cm³/mol. The van der Waals surface area contributed by atoms with Gasteiger partial charge >= 0.3 is 0 Å². The first kappa shape index (κ1) is 11.8. The summed E-state index contributed by atoms with van der Waals surface area (Å²) >= 11 is 0. The van der Waals surface area contributed by atoms with E-state index in [-0.39, 0.29) is 0 Å². The zero-order valence-electron chi connectivity index (χ0n) is 10.3. The molecule has 2 fully saturated rings. The quantitative estimate of drug-likeness (QED) is 0.744. The molecule has 1 aliphatic carbocycles. The van der Waals surface area contributed by atoms with Crippen LogP contribution in [0.25, 0.3) is 0 Å². The minimum atomic E-state index is -0.602. The molecule has 4 heteroatoms. The van der Waals surface area contributed by atoms with Crippen molar-refractivity contribution < 1.29 is 0 Å². The van der Waals surface area contributed by atoms with Gasteiger partial charge in [0.1, 0.15) is 5.54 Å². The first-order chi connectivity index (χ1) is 7.55. The van der Waals surface area contributed by atoms with Crippen molar-refractivity contribution in [1.29, 1.82) is 5.26 Å². The maximum Gasteiger partial charge on any atom is 0.119 e. The second-order valence-electron chi connectivity index (χ2n) is 5.49. The fourth-order valence-electron chi connectivity index (χ4n) is 2.49. The van der Waals surface area contributed by atoms with E-state index in [0.29, 0.717) is 12.0 Å². The lowest BCUT2D eigenvalue weighted by molar-refractivity contribution is 0.0906. The molecule has 2 rings (SSSR count). The minimum Gasteiger partial charge on any atom is -0.312 e. The SMILES string of the molecule is CC1CN(CC(N)(C#N)C2CC2)CCN1C. The van der Waals surface area contributed by atoms with Gasteiger partial charge < -0.3 is 10.6 Å². The van der Waals surface area contributed by atoms with Crippen LogP contribution >= 0.6 is 0 Å². The Labute approximate surface area is 98.0 Å². The van der Waals surface area contributed by atoms with Crippen LogP contribution in [0.1, 0.15) is 19.8 Å². The zero-order valence-corrected chi connectivity index (χ0v) is 10.3. The summed E-state index contributed by atoms with van der Waals surface area (Å²) in [6, 6.07) is 2.90. The molecule has 2 unspecified atom stereocenters. The van der Waals surface area contributed by atoms with Crippen LogP contribution in [-0.4, -0.2) is 54.6 Å². The lowest BCUT2D eigenvalue weighted by atomic mass is 9.95. The van der Waals surface area contributed by atoms with Crippen molar-refractivity contribution in [2.24, 2.45) is 11.7 Å². The Kier molecular flexibility index (Phi) is 3.20. The van der Waals surface area contributed by atoms with Crippen LogP contribution < -0.4 is 5.73 Å². The van der Waals surface area contributed by atoms with Gasteiger partial charge in [-0.15, -0.1) is 0 Å². The number of hydrogen-bond acceptors (Lipinski definition) is 4. The third kappa shape index (κ3) is 2.37. The summed E-state index contributed by atoms with van der Waals surface area (Å²) in [6.07, 6.45) is 2.26. The normalized spacial score (nSPS) is 32.0. The summed E-state index contributed by atoms with van der Waals surface area (Å²) < 4.78 is 0. The van der Waals surface area contributed by atoms with Crippen LogP contribution in [0.15, 0.2) is 0 Å². The van der Waals surface area contributed by atoms with E-state index in [1.807, 2.05) is 0 Å². The van der Waals surface area contributed by atoms with E-state index >= 15 is 0 Å². The Morgan fingerprint density at radius 1 is 1.44 bits per heavy atom. The third-order valence-corrected chi connectivity index (χ3v) is 4.04. The highest BCUT2D eigenvalue weighted by Crippen LogP contribution is 2.38. The summed E-state index contributed by atoms with van der Waals surface area (Å²) in [5.74, 6) is 0.437. The Hall–Kier alpha value is -0.630. The van der Waals surface area contributed by atoms with Crippen LogP contribution in [0, 0.1) is 17.2 Å². The average Bonchev–Trinajstić information content (AvgIpc) is 3.07. The van der Waals surface area contributed by atoms with Crippen molar-refractivity contribution in [1.82, 2.24) is 9.80 Å². The van der Waals surface area contributed by atoms with Crippen molar-refractivity contribution in [3.8, 4) is 6.07 Å². The molecular formula is C12H22N4. The molecule has 0 aromatic carbocycles. The zero-order chi connectivity index (χ0) is 11.8. The van der Waals surface area contributed by atoms with Crippen molar-refractivity contribution in [2.45, 2.75) is 31.3 Å². The number of nitrogens with zero attached hydrogens (tertiary/aromatic N) is 3. The molecule has 2 atom stereocenters. The second-order valence-corrected chi connectivity index (χ2v) is 5.49. The van der Waals surface area contributed by atoms with Crippen LogP contribution in [0.5, 0.6) is 0 Å². The Morgan fingerprint density at radius 3 is 2.62 bits per heavy atom. The number of hydrogen-bond donors (Lipinski definition) is 1. The van der Waals surface area contributed by atoms with Gasteiger partial charge in [-0.05, 0) is 32.7 Å². The van der Waals surface area contributed by atoms with E-state index in [2.05, 4.69) is 29.8 Å². The van der Waals surface area contributed by atoms with Crippen molar-refractivity contribution in [2.75, 3.05) is 33.2 Å². The molecule has 1 heterocycles. The maximum absolute atomic E-state index is 9.23. The molecule has 1 saturated heterocycles. The molecule has 0 aromatic rings. The standard InChI is InChI=1S/C12H22N4/c1-10-7-16(6-5-15(10)2)9-12(14,8-13)11-3-4-11/h10-11H,3-7,9,14H2,1-2H3. The molecule has 1 aliphatic heterocycles. The number of piperazine rings is 1. The van der Waals surface area contributed by atoms with E-state index in [9.17, 15) is 5.26 Å². The molecule has 16 heavy (non-hydrogen) atoms. The van der Waals surface area contributed by atoms with E-state index in [0.717, 1.165) is 39.0 Å². The van der Waals surface area contributed by atoms with Gasteiger partial charge in [0.2, 0.25) is 0 Å². The summed E-state index contributed by atoms with van der Waals surface area (Å²) in [5, 5.41) is 9.23. The van der Waals surface area contributed by atoms with E-state index < -0.39 is 5.54 Å². The highest BCUT2D eigenvalue weighted by atomic mass is 15.3. The molecule has 90 valence electrons.